The number of thioether (sulfide) groups is 1. The molecule has 3 heterocycles. The highest BCUT2D eigenvalue weighted by molar-refractivity contribution is 8.00. The Labute approximate surface area is 169 Å². The molecule has 0 amide bonds. The Morgan fingerprint density at radius 2 is 1.96 bits per heavy atom. The minimum Gasteiger partial charge on any atom is -0.387 e. The molecule has 1 saturated heterocycles. The van der Waals surface area contributed by atoms with Crippen LogP contribution in [0.3, 0.4) is 0 Å². The molecule has 1 aromatic carbocycles. The molecular formula is C19H24N4O3S2. The van der Waals surface area contributed by atoms with Gasteiger partial charge in [0.1, 0.15) is 5.03 Å². The molecular weight excluding hydrogens is 396 g/mol. The van der Waals surface area contributed by atoms with E-state index in [2.05, 4.69) is 15.3 Å². The molecule has 7 nitrogen and oxygen atoms in total. The molecule has 150 valence electrons. The Hall–Kier alpha value is -1.68. The van der Waals surface area contributed by atoms with E-state index < -0.39 is 16.1 Å². The highest BCUT2D eigenvalue weighted by Gasteiger charge is 2.31. The first-order chi connectivity index (χ1) is 13.4. The van der Waals surface area contributed by atoms with Crippen molar-refractivity contribution in [2.45, 2.75) is 41.7 Å². The monoisotopic (exact) mass is 420 g/mol. The van der Waals surface area contributed by atoms with Crippen LogP contribution >= 0.6 is 11.8 Å². The van der Waals surface area contributed by atoms with Crippen molar-refractivity contribution >= 4 is 27.7 Å². The maximum absolute atomic E-state index is 11.6. The lowest BCUT2D eigenvalue weighted by atomic mass is 10.0. The standard InChI is InChI=1S/C19H24N4O3S2/c1-28(25,26)23-9-7-15(8-10-23)21-19-20-12-14-11-16(27-18(14)22-19)17(24)13-5-3-2-4-6-13/h2-6,12,15-17,24H,7-11H2,1H3,(H,20,21,22). The number of hydrogen-bond acceptors (Lipinski definition) is 7. The Kier molecular flexibility index (Phi) is 5.59. The highest BCUT2D eigenvalue weighted by atomic mass is 32.2. The van der Waals surface area contributed by atoms with Crippen LogP contribution in [0.15, 0.2) is 41.6 Å². The van der Waals surface area contributed by atoms with Crippen LogP contribution in [0.5, 0.6) is 0 Å². The van der Waals surface area contributed by atoms with Gasteiger partial charge in [0, 0.05) is 36.1 Å². The third-order valence-electron chi connectivity index (χ3n) is 5.26. The molecule has 2 atom stereocenters. The molecule has 0 saturated carbocycles. The predicted octanol–water partition coefficient (Wildman–Crippen LogP) is 2.06. The van der Waals surface area contributed by atoms with Crippen LogP contribution in [0.1, 0.15) is 30.1 Å². The molecule has 2 aliphatic rings. The van der Waals surface area contributed by atoms with Gasteiger partial charge in [-0.1, -0.05) is 42.1 Å². The first-order valence-electron chi connectivity index (χ1n) is 9.37. The molecule has 0 bridgehead atoms. The zero-order valence-corrected chi connectivity index (χ0v) is 17.3. The molecule has 0 radical (unpaired) electrons. The highest BCUT2D eigenvalue weighted by Crippen LogP contribution is 2.41. The second-order valence-electron chi connectivity index (χ2n) is 7.32. The van der Waals surface area contributed by atoms with Crippen molar-refractivity contribution in [3.05, 3.63) is 47.7 Å². The minimum absolute atomic E-state index is 0.0277. The summed E-state index contributed by atoms with van der Waals surface area (Å²) in [7, 11) is -3.12. The number of benzene rings is 1. The van der Waals surface area contributed by atoms with Gasteiger partial charge in [0.25, 0.3) is 0 Å². The zero-order chi connectivity index (χ0) is 19.7. The van der Waals surface area contributed by atoms with Crippen LogP contribution in [0.25, 0.3) is 0 Å². The van der Waals surface area contributed by atoms with Crippen molar-refractivity contribution in [1.82, 2.24) is 14.3 Å². The van der Waals surface area contributed by atoms with Crippen molar-refractivity contribution in [3.8, 4) is 0 Å². The van der Waals surface area contributed by atoms with E-state index in [4.69, 9.17) is 0 Å². The zero-order valence-electron chi connectivity index (χ0n) is 15.7. The van der Waals surface area contributed by atoms with E-state index >= 15 is 0 Å². The van der Waals surface area contributed by atoms with Crippen LogP contribution < -0.4 is 5.32 Å². The number of nitrogens with one attached hydrogen (secondary N) is 1. The average Bonchev–Trinajstić information content (AvgIpc) is 3.11. The number of hydrogen-bond donors (Lipinski definition) is 2. The average molecular weight is 421 g/mol. The van der Waals surface area contributed by atoms with E-state index in [0.717, 1.165) is 35.4 Å². The normalized spacial score (nSPS) is 22.0. The fourth-order valence-electron chi connectivity index (χ4n) is 3.66. The van der Waals surface area contributed by atoms with Crippen LogP contribution in [0, 0.1) is 0 Å². The van der Waals surface area contributed by atoms with E-state index in [1.165, 1.54) is 10.6 Å². The van der Waals surface area contributed by atoms with Gasteiger partial charge in [-0.2, -0.15) is 0 Å². The number of rotatable bonds is 5. The molecule has 4 rings (SSSR count). The fraction of sp³-hybridized carbons (Fsp3) is 0.474. The predicted molar refractivity (Wildman–Crippen MR) is 110 cm³/mol. The van der Waals surface area contributed by atoms with Gasteiger partial charge >= 0.3 is 0 Å². The number of aromatic nitrogens is 2. The molecule has 0 aliphatic carbocycles. The maximum atomic E-state index is 11.6. The van der Waals surface area contributed by atoms with Crippen LogP contribution in [-0.4, -0.2) is 58.4 Å². The molecule has 1 aromatic heterocycles. The lowest BCUT2D eigenvalue weighted by Gasteiger charge is -2.30. The second-order valence-corrected chi connectivity index (χ2v) is 10.5. The number of aliphatic hydroxyl groups is 1. The van der Waals surface area contributed by atoms with E-state index in [-0.39, 0.29) is 11.3 Å². The van der Waals surface area contributed by atoms with Gasteiger partial charge < -0.3 is 10.4 Å². The summed E-state index contributed by atoms with van der Waals surface area (Å²) >= 11 is 1.59. The first kappa shape index (κ1) is 19.6. The molecule has 9 heteroatoms. The Morgan fingerprint density at radius 1 is 1.25 bits per heavy atom. The number of piperidine rings is 1. The number of fused-ring (bicyclic) bond motifs is 1. The largest absolute Gasteiger partial charge is 0.387 e. The first-order valence-corrected chi connectivity index (χ1v) is 12.1. The molecule has 2 unspecified atom stereocenters. The fourth-order valence-corrected chi connectivity index (χ4v) is 5.80. The van der Waals surface area contributed by atoms with Gasteiger partial charge in [0.15, 0.2) is 0 Å². The Balaban J connectivity index is 1.38. The summed E-state index contributed by atoms with van der Waals surface area (Å²) in [6, 6.07) is 9.85. The third kappa shape index (κ3) is 4.32. The van der Waals surface area contributed by atoms with Crippen molar-refractivity contribution < 1.29 is 13.5 Å². The lowest BCUT2D eigenvalue weighted by molar-refractivity contribution is 0.175. The second kappa shape index (κ2) is 7.98. The van der Waals surface area contributed by atoms with E-state index in [1.807, 2.05) is 36.5 Å². The van der Waals surface area contributed by atoms with Gasteiger partial charge in [0.05, 0.1) is 12.4 Å². The topological polar surface area (TPSA) is 95.4 Å². The van der Waals surface area contributed by atoms with E-state index in [9.17, 15) is 13.5 Å². The van der Waals surface area contributed by atoms with Crippen molar-refractivity contribution in [1.29, 1.82) is 0 Å². The Morgan fingerprint density at radius 3 is 2.64 bits per heavy atom. The molecule has 2 aromatic rings. The van der Waals surface area contributed by atoms with E-state index in [1.54, 1.807) is 11.8 Å². The van der Waals surface area contributed by atoms with Gasteiger partial charge in [-0.3, -0.25) is 0 Å². The summed E-state index contributed by atoms with van der Waals surface area (Å²) in [6.45, 7) is 1.03. The molecule has 28 heavy (non-hydrogen) atoms. The molecule has 0 spiro atoms. The SMILES string of the molecule is CS(=O)(=O)N1CCC(Nc2ncc3c(n2)SC(C(O)c2ccccc2)C3)CC1. The third-order valence-corrected chi connectivity index (χ3v) is 7.87. The summed E-state index contributed by atoms with van der Waals surface area (Å²) in [5.41, 5.74) is 1.97. The number of aliphatic hydroxyl groups excluding tert-OH is 1. The number of anilines is 1. The minimum atomic E-state index is -3.12. The smallest absolute Gasteiger partial charge is 0.223 e. The number of sulfonamides is 1. The summed E-state index contributed by atoms with van der Waals surface area (Å²) < 4.78 is 24.8. The maximum Gasteiger partial charge on any atom is 0.223 e. The van der Waals surface area contributed by atoms with Crippen LogP contribution in [0.4, 0.5) is 5.95 Å². The Bertz CT molecular complexity index is 931. The summed E-state index contributed by atoms with van der Waals surface area (Å²) in [4.78, 5) is 9.07. The summed E-state index contributed by atoms with van der Waals surface area (Å²) in [6.07, 6.45) is 4.75. The van der Waals surface area contributed by atoms with Crippen molar-refractivity contribution in [3.63, 3.8) is 0 Å². The molecule has 1 fully saturated rings. The van der Waals surface area contributed by atoms with Gasteiger partial charge in [-0.05, 0) is 24.8 Å². The van der Waals surface area contributed by atoms with Crippen molar-refractivity contribution in [2.75, 3.05) is 24.7 Å². The van der Waals surface area contributed by atoms with Gasteiger partial charge in [0.2, 0.25) is 16.0 Å². The van der Waals surface area contributed by atoms with Crippen LogP contribution in [-0.2, 0) is 16.4 Å². The summed E-state index contributed by atoms with van der Waals surface area (Å²) in [5.74, 6) is 0.568. The summed E-state index contributed by atoms with van der Waals surface area (Å²) in [5, 5.41) is 14.9. The van der Waals surface area contributed by atoms with Gasteiger partial charge in [-0.15, -0.1) is 0 Å². The lowest BCUT2D eigenvalue weighted by Crippen LogP contribution is -2.42. The van der Waals surface area contributed by atoms with Crippen molar-refractivity contribution in [2.24, 2.45) is 0 Å². The molecule has 2 aliphatic heterocycles. The van der Waals surface area contributed by atoms with Gasteiger partial charge in [-0.25, -0.2) is 22.7 Å². The van der Waals surface area contributed by atoms with Crippen LogP contribution in [0.2, 0.25) is 0 Å². The number of nitrogens with zero attached hydrogens (tertiary/aromatic N) is 3. The quantitative estimate of drug-likeness (QED) is 0.715. The molecule has 2 N–H and O–H groups in total. The van der Waals surface area contributed by atoms with E-state index in [0.29, 0.717) is 19.0 Å².